The molecule has 0 radical (unpaired) electrons. The van der Waals surface area contributed by atoms with Gasteiger partial charge in [-0.15, -0.1) is 0 Å². The van der Waals surface area contributed by atoms with Gasteiger partial charge in [0.25, 0.3) is 0 Å². The lowest BCUT2D eigenvalue weighted by Crippen LogP contribution is -2.55. The first-order chi connectivity index (χ1) is 10.8. The SMILES string of the molecule is CC[C@@]1(O)C=C[C@H]2[C@@H]3CCC4=CC(=O)CC[C@]4(C)[C@H]3CC[C@@]21C. The number of aliphatic hydroxyl groups is 1. The molecule has 0 unspecified atom stereocenters. The number of ketones is 1. The summed E-state index contributed by atoms with van der Waals surface area (Å²) in [6.07, 6.45) is 13.6. The van der Waals surface area contributed by atoms with E-state index in [0.29, 0.717) is 23.5 Å². The van der Waals surface area contributed by atoms with Crippen LogP contribution in [-0.4, -0.2) is 16.5 Å². The summed E-state index contributed by atoms with van der Waals surface area (Å²) in [5.74, 6) is 2.18. The maximum atomic E-state index is 11.9. The molecule has 0 aromatic carbocycles. The molecule has 0 aromatic heterocycles. The second-order valence-corrected chi connectivity index (χ2v) is 8.98. The van der Waals surface area contributed by atoms with Crippen molar-refractivity contribution in [3.63, 3.8) is 0 Å². The minimum absolute atomic E-state index is 0.00494. The molecule has 126 valence electrons. The molecule has 0 amide bonds. The molecule has 0 aromatic rings. The highest BCUT2D eigenvalue weighted by atomic mass is 16.3. The highest BCUT2D eigenvalue weighted by molar-refractivity contribution is 5.91. The zero-order chi connectivity index (χ0) is 16.5. The molecular formula is C21H30O2. The predicted molar refractivity (Wildman–Crippen MR) is 91.9 cm³/mol. The van der Waals surface area contributed by atoms with E-state index in [-0.39, 0.29) is 10.8 Å². The van der Waals surface area contributed by atoms with Crippen LogP contribution in [0.5, 0.6) is 0 Å². The zero-order valence-electron chi connectivity index (χ0n) is 14.8. The molecule has 0 aliphatic heterocycles. The fourth-order valence-electron chi connectivity index (χ4n) is 6.64. The number of rotatable bonds is 1. The van der Waals surface area contributed by atoms with E-state index in [9.17, 15) is 9.90 Å². The van der Waals surface area contributed by atoms with Gasteiger partial charge in [0.15, 0.2) is 5.78 Å². The van der Waals surface area contributed by atoms with Gasteiger partial charge in [-0.2, -0.15) is 0 Å². The third-order valence-electron chi connectivity index (χ3n) is 8.32. The second-order valence-electron chi connectivity index (χ2n) is 8.98. The summed E-state index contributed by atoms with van der Waals surface area (Å²) in [6.45, 7) is 6.84. The molecule has 0 saturated heterocycles. The van der Waals surface area contributed by atoms with Crippen molar-refractivity contribution in [1.29, 1.82) is 0 Å². The third-order valence-corrected chi connectivity index (χ3v) is 8.32. The first-order valence-corrected chi connectivity index (χ1v) is 9.50. The van der Waals surface area contributed by atoms with Crippen molar-refractivity contribution in [2.75, 3.05) is 0 Å². The fraction of sp³-hybridized carbons (Fsp3) is 0.762. The smallest absolute Gasteiger partial charge is 0.155 e. The Balaban J connectivity index is 1.70. The number of hydrogen-bond acceptors (Lipinski definition) is 2. The molecule has 0 spiro atoms. The van der Waals surface area contributed by atoms with Gasteiger partial charge in [-0.05, 0) is 67.8 Å². The number of carbonyl (C=O) groups excluding carboxylic acids is 1. The average molecular weight is 314 g/mol. The Kier molecular flexibility index (Phi) is 3.27. The van der Waals surface area contributed by atoms with Gasteiger partial charge in [-0.25, -0.2) is 0 Å². The minimum Gasteiger partial charge on any atom is -0.385 e. The molecule has 4 aliphatic rings. The number of hydrogen-bond donors (Lipinski definition) is 1. The maximum Gasteiger partial charge on any atom is 0.155 e. The largest absolute Gasteiger partial charge is 0.385 e. The standard InChI is InChI=1S/C21H30O2/c1-4-21(23)12-9-18-16-6-5-14-13-15(22)7-10-19(14,2)17(16)8-11-20(18,21)3/h9,12-13,16-18,23H,4-8,10-11H2,1-3H3/t16-,17+,18+,19+,20+,21-/m1/s1. The van der Waals surface area contributed by atoms with Crippen LogP contribution in [0.3, 0.4) is 0 Å². The Morgan fingerprint density at radius 3 is 2.74 bits per heavy atom. The number of carbonyl (C=O) groups is 1. The van der Waals surface area contributed by atoms with E-state index >= 15 is 0 Å². The lowest BCUT2D eigenvalue weighted by molar-refractivity contribution is -0.123. The summed E-state index contributed by atoms with van der Waals surface area (Å²) in [6, 6.07) is 0. The molecule has 6 atom stereocenters. The molecule has 2 fully saturated rings. The number of allylic oxidation sites excluding steroid dienone is 3. The average Bonchev–Trinajstić information content (AvgIpc) is 2.80. The summed E-state index contributed by atoms with van der Waals surface area (Å²) >= 11 is 0. The summed E-state index contributed by atoms with van der Waals surface area (Å²) in [5.41, 5.74) is 1.03. The fourth-order valence-corrected chi connectivity index (χ4v) is 6.64. The van der Waals surface area contributed by atoms with Crippen LogP contribution in [0.25, 0.3) is 0 Å². The van der Waals surface area contributed by atoms with Gasteiger partial charge in [0.05, 0.1) is 5.60 Å². The topological polar surface area (TPSA) is 37.3 Å². The van der Waals surface area contributed by atoms with Crippen LogP contribution in [0.15, 0.2) is 23.8 Å². The summed E-state index contributed by atoms with van der Waals surface area (Å²) in [5, 5.41) is 11.1. The molecule has 2 nitrogen and oxygen atoms in total. The molecule has 1 N–H and O–H groups in total. The van der Waals surface area contributed by atoms with Crippen molar-refractivity contribution in [3.8, 4) is 0 Å². The van der Waals surface area contributed by atoms with Crippen LogP contribution in [-0.2, 0) is 4.79 Å². The van der Waals surface area contributed by atoms with Crippen molar-refractivity contribution in [2.24, 2.45) is 28.6 Å². The second kappa shape index (κ2) is 4.81. The van der Waals surface area contributed by atoms with Crippen LogP contribution >= 0.6 is 0 Å². The Labute approximate surface area is 140 Å². The molecule has 2 heteroatoms. The maximum absolute atomic E-state index is 11.9. The Bertz CT molecular complexity index is 603. The first-order valence-electron chi connectivity index (χ1n) is 9.50. The van der Waals surface area contributed by atoms with Crippen molar-refractivity contribution in [1.82, 2.24) is 0 Å². The van der Waals surface area contributed by atoms with Crippen LogP contribution in [0, 0.1) is 28.6 Å². The van der Waals surface area contributed by atoms with Gasteiger partial charge in [0.1, 0.15) is 0 Å². The molecular weight excluding hydrogens is 284 g/mol. The van der Waals surface area contributed by atoms with E-state index in [0.717, 1.165) is 32.1 Å². The highest BCUT2D eigenvalue weighted by Crippen LogP contribution is 2.66. The molecule has 0 bridgehead atoms. The molecule has 2 saturated carbocycles. The van der Waals surface area contributed by atoms with Crippen molar-refractivity contribution in [3.05, 3.63) is 23.8 Å². The predicted octanol–water partition coefficient (Wildman–Crippen LogP) is 4.44. The van der Waals surface area contributed by atoms with Crippen LogP contribution in [0.1, 0.15) is 65.7 Å². The van der Waals surface area contributed by atoms with Crippen LogP contribution in [0.2, 0.25) is 0 Å². The number of fused-ring (bicyclic) bond motifs is 5. The highest BCUT2D eigenvalue weighted by Gasteiger charge is 2.61. The van der Waals surface area contributed by atoms with E-state index < -0.39 is 5.60 Å². The Morgan fingerprint density at radius 1 is 1.22 bits per heavy atom. The van der Waals surface area contributed by atoms with Crippen LogP contribution in [0.4, 0.5) is 0 Å². The van der Waals surface area contributed by atoms with Crippen LogP contribution < -0.4 is 0 Å². The van der Waals surface area contributed by atoms with E-state index in [1.165, 1.54) is 18.4 Å². The van der Waals surface area contributed by atoms with Crippen molar-refractivity contribution in [2.45, 2.75) is 71.3 Å². The molecule has 4 aliphatic carbocycles. The zero-order valence-corrected chi connectivity index (χ0v) is 14.8. The lowest BCUT2D eigenvalue weighted by atomic mass is 9.46. The normalized spacial score (nSPS) is 51.7. The van der Waals surface area contributed by atoms with Gasteiger partial charge in [0.2, 0.25) is 0 Å². The Morgan fingerprint density at radius 2 is 2.00 bits per heavy atom. The van der Waals surface area contributed by atoms with Gasteiger partial charge in [0, 0.05) is 11.8 Å². The van der Waals surface area contributed by atoms with Gasteiger partial charge in [-0.3, -0.25) is 4.79 Å². The summed E-state index contributed by atoms with van der Waals surface area (Å²) < 4.78 is 0. The van der Waals surface area contributed by atoms with Crippen molar-refractivity contribution < 1.29 is 9.90 Å². The van der Waals surface area contributed by atoms with E-state index in [4.69, 9.17) is 0 Å². The van der Waals surface area contributed by atoms with E-state index in [1.54, 1.807) is 0 Å². The quantitative estimate of drug-likeness (QED) is 0.727. The minimum atomic E-state index is -0.623. The van der Waals surface area contributed by atoms with Gasteiger partial charge >= 0.3 is 0 Å². The van der Waals surface area contributed by atoms with E-state index in [1.807, 2.05) is 6.08 Å². The lowest BCUT2D eigenvalue weighted by Gasteiger charge is -2.59. The van der Waals surface area contributed by atoms with Gasteiger partial charge < -0.3 is 5.11 Å². The molecule has 23 heavy (non-hydrogen) atoms. The van der Waals surface area contributed by atoms with Crippen molar-refractivity contribution >= 4 is 5.78 Å². The molecule has 0 heterocycles. The van der Waals surface area contributed by atoms with Gasteiger partial charge in [-0.1, -0.05) is 38.5 Å². The third kappa shape index (κ3) is 1.88. The summed E-state index contributed by atoms with van der Waals surface area (Å²) in [7, 11) is 0. The van der Waals surface area contributed by atoms with E-state index in [2.05, 4.69) is 32.9 Å². The molecule has 4 rings (SSSR count). The Hall–Kier alpha value is -0.890. The monoisotopic (exact) mass is 314 g/mol. The summed E-state index contributed by atoms with van der Waals surface area (Å²) in [4.78, 5) is 11.9. The first kappa shape index (κ1) is 15.6.